The van der Waals surface area contributed by atoms with E-state index in [1.165, 1.54) is 63.4 Å². The molecular weight excluding hydrogens is 681 g/mol. The van der Waals surface area contributed by atoms with E-state index >= 15 is 0 Å². The molecular formula is C42H56N8O4. The number of likely N-dealkylation sites (tertiary alicyclic amines) is 1. The number of alkyl carbamates (subject to hydrolysis) is 1. The first-order chi connectivity index (χ1) is 26.4. The Kier molecular flexibility index (Phi) is 20.0. The third-order valence-corrected chi connectivity index (χ3v) is 8.27. The van der Waals surface area contributed by atoms with E-state index in [2.05, 4.69) is 115 Å². The van der Waals surface area contributed by atoms with E-state index in [-0.39, 0.29) is 6.54 Å². The number of aldehydes is 1. The first kappa shape index (κ1) is 42.7. The van der Waals surface area contributed by atoms with Gasteiger partial charge in [-0.3, -0.25) is 4.79 Å². The Balaban J connectivity index is 0.000000237. The fraction of sp³-hybridized carbons (Fsp3) is 0.357. The van der Waals surface area contributed by atoms with Gasteiger partial charge in [0.15, 0.2) is 0 Å². The minimum atomic E-state index is -0.586. The number of hydrogen-bond donors (Lipinski definition) is 4. The number of rotatable bonds is 9. The van der Waals surface area contributed by atoms with Gasteiger partial charge in [0.05, 0.1) is 43.8 Å². The smallest absolute Gasteiger partial charge is 0.407 e. The van der Waals surface area contributed by atoms with Crippen LogP contribution in [-0.4, -0.2) is 90.5 Å². The Labute approximate surface area is 319 Å². The number of amides is 2. The van der Waals surface area contributed by atoms with E-state index in [0.29, 0.717) is 19.2 Å². The molecule has 0 spiro atoms. The van der Waals surface area contributed by atoms with Crippen LogP contribution in [0.25, 0.3) is 33.6 Å². The molecule has 0 radical (unpaired) electrons. The molecule has 2 amide bonds. The van der Waals surface area contributed by atoms with Gasteiger partial charge in [-0.1, -0.05) is 99.1 Å². The lowest BCUT2D eigenvalue weighted by Gasteiger charge is -2.12. The normalized spacial score (nSPS) is 12.9. The number of benzene rings is 3. The van der Waals surface area contributed by atoms with Gasteiger partial charge in [0, 0.05) is 19.6 Å². The number of nitrogens with zero attached hydrogens (tertiary/aromatic N) is 4. The molecule has 0 bridgehead atoms. The zero-order valence-electron chi connectivity index (χ0n) is 32.1. The van der Waals surface area contributed by atoms with Gasteiger partial charge in [0.25, 0.3) is 0 Å². The topological polar surface area (TPSA) is 148 Å². The van der Waals surface area contributed by atoms with E-state index in [1.54, 1.807) is 6.33 Å². The van der Waals surface area contributed by atoms with Crippen LogP contribution in [0.15, 0.2) is 97.6 Å². The number of hydrogen-bond acceptors (Lipinski definition) is 8. The average molecular weight is 737 g/mol. The van der Waals surface area contributed by atoms with Crippen molar-refractivity contribution in [2.24, 2.45) is 0 Å². The number of aromatic nitrogens is 4. The van der Waals surface area contributed by atoms with Gasteiger partial charge in [-0.25, -0.2) is 14.8 Å². The van der Waals surface area contributed by atoms with Crippen molar-refractivity contribution in [1.82, 2.24) is 35.5 Å². The van der Waals surface area contributed by atoms with Crippen molar-refractivity contribution in [3.05, 3.63) is 103 Å². The van der Waals surface area contributed by atoms with Crippen LogP contribution in [0.4, 0.5) is 10.7 Å². The fourth-order valence-electron chi connectivity index (χ4n) is 5.47. The Morgan fingerprint density at radius 2 is 1.35 bits per heavy atom. The number of imidazole rings is 2. The number of H-pyrrole nitrogens is 2. The minimum Gasteiger partial charge on any atom is -0.453 e. The SMILES string of the molecule is CCC.CN1CCCC1.COC(=O)NCC=O.O=CNCc1ccccc1.c1ncc(-c2ccc(-c3ccc(-c4cnc(N5CCCC5)[nH]4)cc3)cc2)[nH]1. The molecule has 12 heteroatoms. The molecule has 12 nitrogen and oxygen atoms in total. The number of carbonyl (C=O) groups excluding carboxylic acids is 3. The highest BCUT2D eigenvalue weighted by Crippen LogP contribution is 2.27. The first-order valence-corrected chi connectivity index (χ1v) is 18.6. The lowest BCUT2D eigenvalue weighted by molar-refractivity contribution is -0.109. The standard InChI is InChI=1S/C22H21N5.C8H9NO.C5H11N.C4H7NO3.C3H8/c1-2-12-27(11-1)22-24-14-21(26-22)19-9-5-17(6-10-19)16-3-7-18(8-4-16)20-13-23-15-25-20;10-7-9-6-8-4-2-1-3-5-8;1-6-4-2-3-5-6;1-8-4(7)5-2-3-6;1-3-2/h3-10,13-15H,1-2,11-12H2,(H,23,25)(H,24,26);1-5,7H,6H2,(H,9,10);2-5H2,1H3;3H,2H2,1H3,(H,5,7);3H2,1-2H3. The van der Waals surface area contributed by atoms with E-state index in [1.807, 2.05) is 42.7 Å². The average Bonchev–Trinajstić information content (AvgIpc) is 4.07. The summed E-state index contributed by atoms with van der Waals surface area (Å²) in [4.78, 5) is 49.4. The Bertz CT molecular complexity index is 1710. The molecule has 0 atom stereocenters. The first-order valence-electron chi connectivity index (χ1n) is 18.6. The highest BCUT2D eigenvalue weighted by atomic mass is 16.5. The lowest BCUT2D eigenvalue weighted by atomic mass is 10.0. The maximum atomic E-state index is 10.1. The molecule has 0 aliphatic carbocycles. The predicted octanol–water partition coefficient (Wildman–Crippen LogP) is 7.34. The molecule has 7 rings (SSSR count). The van der Waals surface area contributed by atoms with Crippen molar-refractivity contribution in [2.75, 3.05) is 51.8 Å². The molecule has 2 saturated heterocycles. The maximum absolute atomic E-state index is 10.1. The monoisotopic (exact) mass is 736 g/mol. The van der Waals surface area contributed by atoms with Gasteiger partial charge in [-0.2, -0.15) is 0 Å². The number of anilines is 1. The van der Waals surface area contributed by atoms with E-state index in [9.17, 15) is 14.4 Å². The molecule has 5 aromatic rings. The fourth-order valence-corrected chi connectivity index (χ4v) is 5.47. The molecule has 54 heavy (non-hydrogen) atoms. The molecule has 2 aliphatic heterocycles. The highest BCUT2D eigenvalue weighted by molar-refractivity contribution is 5.72. The number of methoxy groups -OCH3 is 1. The van der Waals surface area contributed by atoms with Gasteiger partial charge < -0.3 is 39.9 Å². The molecule has 0 saturated carbocycles. The largest absolute Gasteiger partial charge is 0.453 e. The molecule has 0 unspecified atom stereocenters. The molecule has 4 N–H and O–H groups in total. The van der Waals surface area contributed by atoms with Crippen LogP contribution in [0.3, 0.4) is 0 Å². The Hall–Kier alpha value is -5.75. The summed E-state index contributed by atoms with van der Waals surface area (Å²) in [7, 11) is 3.41. The molecule has 3 aromatic carbocycles. The van der Waals surface area contributed by atoms with Crippen LogP contribution >= 0.6 is 0 Å². The Morgan fingerprint density at radius 1 is 0.796 bits per heavy atom. The maximum Gasteiger partial charge on any atom is 0.407 e. The second kappa shape index (κ2) is 25.3. The number of ether oxygens (including phenoxy) is 1. The number of nitrogens with one attached hydrogen (secondary N) is 4. The van der Waals surface area contributed by atoms with Crippen molar-refractivity contribution in [3.8, 4) is 33.6 Å². The van der Waals surface area contributed by atoms with Crippen LogP contribution in [0.2, 0.25) is 0 Å². The van der Waals surface area contributed by atoms with Crippen molar-refractivity contribution in [3.63, 3.8) is 0 Å². The third kappa shape index (κ3) is 15.5. The van der Waals surface area contributed by atoms with Gasteiger partial charge in [0.1, 0.15) is 6.29 Å². The summed E-state index contributed by atoms with van der Waals surface area (Å²) in [5, 5.41) is 4.74. The summed E-state index contributed by atoms with van der Waals surface area (Å²) in [5.41, 5.74) is 7.92. The highest BCUT2D eigenvalue weighted by Gasteiger charge is 2.15. The van der Waals surface area contributed by atoms with Crippen LogP contribution < -0.4 is 15.5 Å². The summed E-state index contributed by atoms with van der Waals surface area (Å²) < 4.78 is 4.14. The van der Waals surface area contributed by atoms with Crippen LogP contribution in [-0.2, 0) is 20.9 Å². The minimum absolute atomic E-state index is 0.00662. The zero-order valence-corrected chi connectivity index (χ0v) is 32.1. The molecule has 2 aliphatic rings. The number of carbonyl (C=O) groups is 3. The van der Waals surface area contributed by atoms with E-state index < -0.39 is 6.09 Å². The van der Waals surface area contributed by atoms with Gasteiger partial charge >= 0.3 is 6.09 Å². The second-order valence-corrected chi connectivity index (χ2v) is 12.7. The van der Waals surface area contributed by atoms with Gasteiger partial charge in [-0.05, 0) is 73.6 Å². The molecule has 288 valence electrons. The number of aromatic amines is 2. The summed E-state index contributed by atoms with van der Waals surface area (Å²) >= 11 is 0. The second-order valence-electron chi connectivity index (χ2n) is 12.7. The molecule has 4 heterocycles. The Morgan fingerprint density at radius 3 is 1.83 bits per heavy atom. The summed E-state index contributed by atoms with van der Waals surface area (Å²) in [6, 6.07) is 26.9. The van der Waals surface area contributed by atoms with Crippen LogP contribution in [0.1, 0.15) is 51.5 Å². The summed E-state index contributed by atoms with van der Waals surface area (Å²) in [6.45, 7) is 9.71. The predicted molar refractivity (Wildman–Crippen MR) is 217 cm³/mol. The van der Waals surface area contributed by atoms with E-state index in [4.69, 9.17) is 0 Å². The van der Waals surface area contributed by atoms with Crippen LogP contribution in [0.5, 0.6) is 0 Å². The zero-order chi connectivity index (χ0) is 38.8. The van der Waals surface area contributed by atoms with Crippen molar-refractivity contribution >= 4 is 24.7 Å². The molecule has 2 fully saturated rings. The van der Waals surface area contributed by atoms with Crippen molar-refractivity contribution in [1.29, 1.82) is 0 Å². The van der Waals surface area contributed by atoms with Crippen molar-refractivity contribution < 1.29 is 19.1 Å². The summed E-state index contributed by atoms with van der Waals surface area (Å²) in [5.74, 6) is 0.987. The third-order valence-electron chi connectivity index (χ3n) is 8.27. The summed E-state index contributed by atoms with van der Waals surface area (Å²) in [6.07, 6.45) is 12.8. The van der Waals surface area contributed by atoms with Gasteiger partial charge in [0.2, 0.25) is 12.4 Å². The van der Waals surface area contributed by atoms with Crippen LogP contribution in [0, 0.1) is 0 Å². The quantitative estimate of drug-likeness (QED) is 0.115. The van der Waals surface area contributed by atoms with Gasteiger partial charge in [-0.15, -0.1) is 0 Å². The molecule has 2 aromatic heterocycles. The lowest BCUT2D eigenvalue weighted by Crippen LogP contribution is -2.24. The van der Waals surface area contributed by atoms with E-state index in [0.717, 1.165) is 47.1 Å². The van der Waals surface area contributed by atoms with Crippen molar-refractivity contribution in [2.45, 2.75) is 52.5 Å².